The van der Waals surface area contributed by atoms with Gasteiger partial charge in [-0.3, -0.25) is 14.7 Å². The molecule has 0 fully saturated rings. The predicted molar refractivity (Wildman–Crippen MR) is 111 cm³/mol. The fourth-order valence-electron chi connectivity index (χ4n) is 2.81. The molecule has 0 aromatic heterocycles. The molecule has 142 valence electrons. The average molecular weight is 405 g/mol. The van der Waals surface area contributed by atoms with Crippen molar-refractivity contribution in [1.29, 1.82) is 0 Å². The first-order chi connectivity index (χ1) is 12.8. The number of hydrogen-bond donors (Lipinski definition) is 0. The number of aliphatic imine (C=N–C) groups is 1. The summed E-state index contributed by atoms with van der Waals surface area (Å²) in [6.07, 6.45) is 0. The summed E-state index contributed by atoms with van der Waals surface area (Å²) >= 11 is 7.42. The molecule has 6 heteroatoms. The highest BCUT2D eigenvalue weighted by Gasteiger charge is 2.26. The lowest BCUT2D eigenvalue weighted by atomic mass is 9.86. The molecular formula is C21H22ClFN2OS. The summed E-state index contributed by atoms with van der Waals surface area (Å²) in [5.74, 6) is -0.0973. The van der Waals surface area contributed by atoms with Crippen LogP contribution in [0.4, 0.5) is 4.39 Å². The molecule has 2 aromatic carbocycles. The van der Waals surface area contributed by atoms with Crippen molar-refractivity contribution in [2.75, 3.05) is 13.1 Å². The van der Waals surface area contributed by atoms with Gasteiger partial charge in [-0.05, 0) is 35.2 Å². The summed E-state index contributed by atoms with van der Waals surface area (Å²) in [4.78, 5) is 19.0. The Kier molecular flexibility index (Phi) is 5.92. The molecule has 0 aliphatic carbocycles. The van der Waals surface area contributed by atoms with Crippen LogP contribution in [0.2, 0.25) is 5.02 Å². The predicted octanol–water partition coefficient (Wildman–Crippen LogP) is 5.52. The lowest BCUT2D eigenvalue weighted by Gasteiger charge is -2.21. The van der Waals surface area contributed by atoms with Crippen LogP contribution < -0.4 is 0 Å². The Hall–Kier alpha value is -1.85. The molecule has 1 aliphatic heterocycles. The Balaban J connectivity index is 1.71. The van der Waals surface area contributed by atoms with Gasteiger partial charge >= 0.3 is 0 Å². The Morgan fingerprint density at radius 2 is 1.93 bits per heavy atom. The number of carbonyl (C=O) groups is 1. The second-order valence-corrected chi connectivity index (χ2v) is 8.79. The SMILES string of the molecule is CC(C)(C)c1ccc(C(=O)N2CCN=C2SCc2c(F)cccc2Cl)cc1. The van der Waals surface area contributed by atoms with Crippen molar-refractivity contribution in [1.82, 2.24) is 4.90 Å². The molecule has 27 heavy (non-hydrogen) atoms. The first-order valence-corrected chi connectivity index (χ1v) is 10.2. The fraction of sp³-hybridized carbons (Fsp3) is 0.333. The topological polar surface area (TPSA) is 32.7 Å². The van der Waals surface area contributed by atoms with Crippen LogP contribution in [0.5, 0.6) is 0 Å². The highest BCUT2D eigenvalue weighted by atomic mass is 35.5. The smallest absolute Gasteiger partial charge is 0.259 e. The average Bonchev–Trinajstić information content (AvgIpc) is 3.08. The molecule has 3 nitrogen and oxygen atoms in total. The van der Waals surface area contributed by atoms with Gasteiger partial charge in [0.2, 0.25) is 0 Å². The number of amides is 1. The van der Waals surface area contributed by atoms with Gasteiger partial charge in [-0.1, -0.05) is 62.3 Å². The highest BCUT2D eigenvalue weighted by molar-refractivity contribution is 8.13. The molecule has 0 saturated carbocycles. The molecule has 3 rings (SSSR count). The van der Waals surface area contributed by atoms with Gasteiger partial charge in [0.05, 0.1) is 6.54 Å². The molecule has 0 radical (unpaired) electrons. The molecule has 0 N–H and O–H groups in total. The first kappa shape index (κ1) is 19.9. The van der Waals surface area contributed by atoms with Gasteiger partial charge in [-0.25, -0.2) is 4.39 Å². The van der Waals surface area contributed by atoms with E-state index in [1.54, 1.807) is 17.0 Å². The zero-order valence-electron chi connectivity index (χ0n) is 15.6. The maximum Gasteiger partial charge on any atom is 0.259 e. The third kappa shape index (κ3) is 4.53. The summed E-state index contributed by atoms with van der Waals surface area (Å²) in [5.41, 5.74) is 2.28. The quantitative estimate of drug-likeness (QED) is 0.674. The molecule has 0 unspecified atom stereocenters. The molecule has 1 amide bonds. The molecule has 0 atom stereocenters. The van der Waals surface area contributed by atoms with Gasteiger partial charge < -0.3 is 0 Å². The number of nitrogens with zero attached hydrogens (tertiary/aromatic N) is 2. The van der Waals surface area contributed by atoms with Crippen LogP contribution in [0.25, 0.3) is 0 Å². The maximum atomic E-state index is 14.0. The van der Waals surface area contributed by atoms with Crippen molar-refractivity contribution in [3.05, 3.63) is 70.0 Å². The Labute approximate surface area is 168 Å². The zero-order chi connectivity index (χ0) is 19.6. The number of rotatable bonds is 3. The van der Waals surface area contributed by atoms with Crippen molar-refractivity contribution < 1.29 is 9.18 Å². The van der Waals surface area contributed by atoms with E-state index >= 15 is 0 Å². The van der Waals surface area contributed by atoms with Crippen molar-refractivity contribution in [3.63, 3.8) is 0 Å². The van der Waals surface area contributed by atoms with Crippen LogP contribution in [-0.2, 0) is 11.2 Å². The summed E-state index contributed by atoms with van der Waals surface area (Å²) in [6.45, 7) is 7.50. The highest BCUT2D eigenvalue weighted by Crippen LogP contribution is 2.28. The number of thioether (sulfide) groups is 1. The molecule has 0 saturated heterocycles. The largest absolute Gasteiger partial charge is 0.286 e. The van der Waals surface area contributed by atoms with Crippen molar-refractivity contribution >= 4 is 34.4 Å². The standard InChI is InChI=1S/C21H22ClFN2OS/c1-21(2,3)15-9-7-14(8-10-15)19(26)25-12-11-24-20(25)27-13-16-17(22)5-4-6-18(16)23/h4-10H,11-13H2,1-3H3. The van der Waals surface area contributed by atoms with Gasteiger partial charge in [0.25, 0.3) is 5.91 Å². The minimum Gasteiger partial charge on any atom is -0.286 e. The van der Waals surface area contributed by atoms with E-state index in [2.05, 4.69) is 25.8 Å². The first-order valence-electron chi connectivity index (χ1n) is 8.80. The van der Waals surface area contributed by atoms with Crippen LogP contribution in [-0.4, -0.2) is 29.1 Å². The van der Waals surface area contributed by atoms with Crippen LogP contribution in [0.15, 0.2) is 47.5 Å². The lowest BCUT2D eigenvalue weighted by Crippen LogP contribution is -2.33. The maximum absolute atomic E-state index is 14.0. The van der Waals surface area contributed by atoms with Gasteiger partial charge in [-0.15, -0.1) is 0 Å². The van der Waals surface area contributed by atoms with E-state index in [1.807, 2.05) is 24.3 Å². The van der Waals surface area contributed by atoms with E-state index < -0.39 is 0 Å². The fourth-order valence-corrected chi connectivity index (χ4v) is 4.20. The van der Waals surface area contributed by atoms with Gasteiger partial charge in [0.1, 0.15) is 5.82 Å². The van der Waals surface area contributed by atoms with E-state index in [1.165, 1.54) is 23.4 Å². The van der Waals surface area contributed by atoms with Crippen molar-refractivity contribution in [3.8, 4) is 0 Å². The third-order valence-electron chi connectivity index (χ3n) is 4.45. The number of carbonyl (C=O) groups excluding carboxylic acids is 1. The van der Waals surface area contributed by atoms with Crippen molar-refractivity contribution in [2.45, 2.75) is 31.9 Å². The van der Waals surface area contributed by atoms with Crippen LogP contribution in [0.3, 0.4) is 0 Å². The molecule has 1 heterocycles. The van der Waals surface area contributed by atoms with E-state index in [-0.39, 0.29) is 17.1 Å². The lowest BCUT2D eigenvalue weighted by molar-refractivity contribution is 0.0860. The molecule has 2 aromatic rings. The van der Waals surface area contributed by atoms with Crippen LogP contribution in [0.1, 0.15) is 42.3 Å². The van der Waals surface area contributed by atoms with E-state index in [0.717, 1.165) is 0 Å². The molecule has 0 spiro atoms. The summed E-state index contributed by atoms with van der Waals surface area (Å²) in [5, 5.41) is 0.996. The number of hydrogen-bond acceptors (Lipinski definition) is 3. The number of halogens is 2. The summed E-state index contributed by atoms with van der Waals surface area (Å²) < 4.78 is 14.0. The summed E-state index contributed by atoms with van der Waals surface area (Å²) in [6, 6.07) is 12.3. The molecule has 1 aliphatic rings. The zero-order valence-corrected chi connectivity index (χ0v) is 17.2. The molecular weight excluding hydrogens is 383 g/mol. The van der Waals surface area contributed by atoms with Crippen LogP contribution in [0, 0.1) is 5.82 Å². The second kappa shape index (κ2) is 8.03. The van der Waals surface area contributed by atoms with Gasteiger partial charge in [0, 0.05) is 28.4 Å². The number of benzene rings is 2. The van der Waals surface area contributed by atoms with E-state index in [4.69, 9.17) is 11.6 Å². The molecule has 0 bridgehead atoms. The normalized spacial score (nSPS) is 14.4. The van der Waals surface area contributed by atoms with Gasteiger partial charge in [0.15, 0.2) is 5.17 Å². The minimum absolute atomic E-state index is 0.0384. The minimum atomic E-state index is -0.343. The Bertz CT molecular complexity index is 854. The Morgan fingerprint density at radius 3 is 2.56 bits per heavy atom. The van der Waals surface area contributed by atoms with E-state index in [9.17, 15) is 9.18 Å². The summed E-state index contributed by atoms with van der Waals surface area (Å²) in [7, 11) is 0. The van der Waals surface area contributed by atoms with E-state index in [0.29, 0.717) is 40.2 Å². The third-order valence-corrected chi connectivity index (χ3v) is 5.85. The second-order valence-electron chi connectivity index (χ2n) is 7.44. The van der Waals surface area contributed by atoms with Crippen LogP contribution >= 0.6 is 23.4 Å². The Morgan fingerprint density at radius 1 is 1.22 bits per heavy atom. The number of amidine groups is 1. The van der Waals surface area contributed by atoms with Crippen molar-refractivity contribution in [2.24, 2.45) is 4.99 Å². The monoisotopic (exact) mass is 404 g/mol. The van der Waals surface area contributed by atoms with Gasteiger partial charge in [-0.2, -0.15) is 0 Å².